The lowest BCUT2D eigenvalue weighted by molar-refractivity contribution is -0.0101. The van der Waals surface area contributed by atoms with Crippen LogP contribution in [-0.2, 0) is 0 Å². The third-order valence-corrected chi connectivity index (χ3v) is 6.46. The van der Waals surface area contributed by atoms with Crippen molar-refractivity contribution in [1.29, 1.82) is 0 Å². The van der Waals surface area contributed by atoms with Gasteiger partial charge in [0.25, 0.3) is 5.91 Å². The molecule has 4 aliphatic rings. The Balaban J connectivity index is 1.43. The molecule has 1 aromatic carbocycles. The summed E-state index contributed by atoms with van der Waals surface area (Å²) in [6.07, 6.45) is 7.68. The molecule has 1 aromatic rings. The van der Waals surface area contributed by atoms with E-state index in [1.807, 2.05) is 0 Å². The Hall–Kier alpha value is -1.82. The molecule has 0 saturated heterocycles. The molecule has 2 N–H and O–H groups in total. The molecular weight excluding hydrogens is 348 g/mol. The number of thiocarbonyl (C=S) groups is 1. The van der Waals surface area contributed by atoms with Crippen LogP contribution in [-0.4, -0.2) is 30.8 Å². The third kappa shape index (κ3) is 3.39. The normalized spacial score (nSPS) is 31.4. The maximum absolute atomic E-state index is 12.6. The van der Waals surface area contributed by atoms with Crippen molar-refractivity contribution >= 4 is 23.2 Å². The van der Waals surface area contributed by atoms with E-state index in [-0.39, 0.29) is 11.4 Å². The van der Waals surface area contributed by atoms with Crippen molar-refractivity contribution in [1.82, 2.24) is 10.6 Å². The van der Waals surface area contributed by atoms with Crippen LogP contribution in [0.2, 0.25) is 0 Å². The summed E-state index contributed by atoms with van der Waals surface area (Å²) >= 11 is 5.48. The number of nitrogens with one attached hydrogen (secondary N) is 2. The number of benzene rings is 1. The Bertz CT molecular complexity index is 676. The molecule has 5 nitrogen and oxygen atoms in total. The minimum Gasteiger partial charge on any atom is -0.497 e. The van der Waals surface area contributed by atoms with E-state index >= 15 is 0 Å². The molecular formula is C20H26N2O3S. The van der Waals surface area contributed by atoms with Gasteiger partial charge >= 0.3 is 0 Å². The van der Waals surface area contributed by atoms with E-state index in [2.05, 4.69) is 10.6 Å². The van der Waals surface area contributed by atoms with Gasteiger partial charge in [-0.3, -0.25) is 10.1 Å². The number of rotatable bonds is 4. The second kappa shape index (κ2) is 6.72. The van der Waals surface area contributed by atoms with Crippen molar-refractivity contribution in [3.8, 4) is 11.5 Å². The SMILES string of the molecule is COc1cc(OC)cc(C(=O)NC(=S)NC23CC4CC(CC(C4)C2)C3)c1. The molecule has 4 fully saturated rings. The third-order valence-electron chi connectivity index (χ3n) is 6.26. The lowest BCUT2D eigenvalue weighted by Gasteiger charge is -2.57. The number of hydrogen-bond acceptors (Lipinski definition) is 4. The van der Waals surface area contributed by atoms with E-state index < -0.39 is 0 Å². The van der Waals surface area contributed by atoms with E-state index in [9.17, 15) is 4.79 Å². The quantitative estimate of drug-likeness (QED) is 0.792. The van der Waals surface area contributed by atoms with Gasteiger partial charge in [0.05, 0.1) is 14.2 Å². The topological polar surface area (TPSA) is 59.6 Å². The van der Waals surface area contributed by atoms with Crippen molar-refractivity contribution < 1.29 is 14.3 Å². The summed E-state index contributed by atoms with van der Waals surface area (Å²) in [7, 11) is 3.13. The van der Waals surface area contributed by atoms with E-state index in [1.54, 1.807) is 32.4 Å². The lowest BCUT2D eigenvalue weighted by Crippen LogP contribution is -2.61. The van der Waals surface area contributed by atoms with Crippen LogP contribution in [0, 0.1) is 17.8 Å². The average molecular weight is 375 g/mol. The number of carbonyl (C=O) groups excluding carboxylic acids is 1. The summed E-state index contributed by atoms with van der Waals surface area (Å²) < 4.78 is 10.5. The number of methoxy groups -OCH3 is 2. The predicted octanol–water partition coefficient (Wildman–Crippen LogP) is 3.28. The molecule has 0 aliphatic heterocycles. The van der Waals surface area contributed by atoms with Gasteiger partial charge < -0.3 is 14.8 Å². The van der Waals surface area contributed by atoms with Gasteiger partial charge in [-0.05, 0) is 80.6 Å². The van der Waals surface area contributed by atoms with Crippen molar-refractivity contribution in [2.45, 2.75) is 44.1 Å². The molecule has 5 rings (SSSR count). The molecule has 26 heavy (non-hydrogen) atoms. The molecule has 4 saturated carbocycles. The molecule has 0 spiro atoms. The molecule has 0 radical (unpaired) electrons. The Morgan fingerprint density at radius 2 is 1.50 bits per heavy atom. The maximum Gasteiger partial charge on any atom is 0.257 e. The highest BCUT2D eigenvalue weighted by atomic mass is 32.1. The Kier molecular flexibility index (Phi) is 4.55. The van der Waals surface area contributed by atoms with Gasteiger partial charge in [-0.15, -0.1) is 0 Å². The highest BCUT2D eigenvalue weighted by Crippen LogP contribution is 2.55. The molecule has 0 atom stereocenters. The highest BCUT2D eigenvalue weighted by Gasteiger charge is 2.51. The van der Waals surface area contributed by atoms with E-state index in [1.165, 1.54) is 38.5 Å². The van der Waals surface area contributed by atoms with Gasteiger partial charge in [-0.1, -0.05) is 0 Å². The van der Waals surface area contributed by atoms with Gasteiger partial charge in [-0.25, -0.2) is 0 Å². The lowest BCUT2D eigenvalue weighted by atomic mass is 9.53. The van der Waals surface area contributed by atoms with Crippen LogP contribution in [0.15, 0.2) is 18.2 Å². The standard InChI is InChI=1S/C20H26N2O3S/c1-24-16-6-15(7-17(8-16)25-2)18(23)21-19(26)22-20-9-12-3-13(10-20)5-14(4-12)11-20/h6-8,12-14H,3-5,9-11H2,1-2H3,(H2,21,22,23,26). The largest absolute Gasteiger partial charge is 0.497 e. The number of ether oxygens (including phenoxy) is 2. The van der Waals surface area contributed by atoms with Gasteiger partial charge in [0, 0.05) is 17.2 Å². The van der Waals surface area contributed by atoms with Crippen LogP contribution < -0.4 is 20.1 Å². The summed E-state index contributed by atoms with van der Waals surface area (Å²) in [5.41, 5.74) is 0.557. The van der Waals surface area contributed by atoms with Crippen molar-refractivity contribution in [3.63, 3.8) is 0 Å². The predicted molar refractivity (Wildman–Crippen MR) is 104 cm³/mol. The average Bonchev–Trinajstić information content (AvgIpc) is 2.59. The van der Waals surface area contributed by atoms with E-state index in [0.29, 0.717) is 22.2 Å². The maximum atomic E-state index is 12.6. The minimum absolute atomic E-state index is 0.0885. The summed E-state index contributed by atoms with van der Waals surface area (Å²) in [6.45, 7) is 0. The first-order valence-corrected chi connectivity index (χ1v) is 9.76. The number of hydrogen-bond donors (Lipinski definition) is 2. The van der Waals surface area contributed by atoms with Crippen molar-refractivity contribution in [3.05, 3.63) is 23.8 Å². The fraction of sp³-hybridized carbons (Fsp3) is 0.600. The first-order chi connectivity index (χ1) is 12.5. The van der Waals surface area contributed by atoms with E-state index in [4.69, 9.17) is 21.7 Å². The fourth-order valence-electron chi connectivity index (χ4n) is 5.65. The molecule has 0 heterocycles. The van der Waals surface area contributed by atoms with Gasteiger partial charge in [-0.2, -0.15) is 0 Å². The Morgan fingerprint density at radius 3 is 1.96 bits per heavy atom. The zero-order chi connectivity index (χ0) is 18.3. The summed E-state index contributed by atoms with van der Waals surface area (Å²) in [6, 6.07) is 5.11. The Morgan fingerprint density at radius 1 is 1.00 bits per heavy atom. The number of amides is 1. The van der Waals surface area contributed by atoms with Crippen LogP contribution in [0.4, 0.5) is 0 Å². The van der Waals surface area contributed by atoms with Crippen LogP contribution in [0.3, 0.4) is 0 Å². The zero-order valence-electron chi connectivity index (χ0n) is 15.3. The first kappa shape index (κ1) is 17.6. The summed E-state index contributed by atoms with van der Waals surface area (Å²) in [5.74, 6) is 3.40. The molecule has 4 bridgehead atoms. The zero-order valence-corrected chi connectivity index (χ0v) is 16.2. The highest BCUT2D eigenvalue weighted by molar-refractivity contribution is 7.80. The fourth-order valence-corrected chi connectivity index (χ4v) is 5.96. The van der Waals surface area contributed by atoms with E-state index in [0.717, 1.165) is 17.8 Å². The second-order valence-electron chi connectivity index (χ2n) is 8.21. The summed E-state index contributed by atoms with van der Waals surface area (Å²) in [5, 5.41) is 6.79. The molecule has 0 aromatic heterocycles. The van der Waals surface area contributed by atoms with Gasteiger partial charge in [0.15, 0.2) is 5.11 Å². The smallest absolute Gasteiger partial charge is 0.257 e. The second-order valence-corrected chi connectivity index (χ2v) is 8.62. The first-order valence-electron chi connectivity index (χ1n) is 9.35. The van der Waals surface area contributed by atoms with Crippen LogP contribution in [0.1, 0.15) is 48.9 Å². The van der Waals surface area contributed by atoms with Crippen LogP contribution in [0.25, 0.3) is 0 Å². The monoisotopic (exact) mass is 374 g/mol. The minimum atomic E-state index is -0.246. The molecule has 4 aliphatic carbocycles. The Labute approximate surface area is 159 Å². The molecule has 1 amide bonds. The van der Waals surface area contributed by atoms with Gasteiger partial charge in [0.1, 0.15) is 11.5 Å². The van der Waals surface area contributed by atoms with Crippen molar-refractivity contribution in [2.24, 2.45) is 17.8 Å². The van der Waals surface area contributed by atoms with Gasteiger partial charge in [0.2, 0.25) is 0 Å². The van der Waals surface area contributed by atoms with Crippen LogP contribution >= 0.6 is 12.2 Å². The molecule has 6 heteroatoms. The summed E-state index contributed by atoms with van der Waals surface area (Å²) in [4.78, 5) is 12.6. The van der Waals surface area contributed by atoms with Crippen molar-refractivity contribution in [2.75, 3.05) is 14.2 Å². The molecule has 0 unspecified atom stereocenters. The van der Waals surface area contributed by atoms with Crippen LogP contribution in [0.5, 0.6) is 11.5 Å². The molecule has 140 valence electrons. The number of carbonyl (C=O) groups is 1.